The highest BCUT2D eigenvalue weighted by Crippen LogP contribution is 2.53. The normalized spacial score (nSPS) is 45.7. The molecule has 2 bridgehead atoms. The first kappa shape index (κ1) is 8.20. The van der Waals surface area contributed by atoms with Crippen LogP contribution in [0.3, 0.4) is 0 Å². The van der Waals surface area contributed by atoms with Crippen molar-refractivity contribution in [2.45, 2.75) is 19.3 Å². The summed E-state index contributed by atoms with van der Waals surface area (Å²) in [4.78, 5) is 11.8. The predicted molar refractivity (Wildman–Crippen MR) is 46.4 cm³/mol. The Morgan fingerprint density at radius 3 is 2.67 bits per heavy atom. The lowest BCUT2D eigenvalue weighted by atomic mass is 9.79. The van der Waals surface area contributed by atoms with E-state index in [0.717, 1.165) is 19.3 Å². The largest absolute Gasteiger partial charge is 0.330 e. The van der Waals surface area contributed by atoms with Gasteiger partial charge >= 0.3 is 0 Å². The van der Waals surface area contributed by atoms with Crippen LogP contribution in [-0.4, -0.2) is 18.9 Å². The Bertz CT molecular complexity index is 217. The van der Waals surface area contributed by atoms with Gasteiger partial charge in [-0.2, -0.15) is 0 Å². The van der Waals surface area contributed by atoms with Crippen LogP contribution in [0.15, 0.2) is 0 Å². The Labute approximate surface area is 72.5 Å². The first-order chi connectivity index (χ1) is 5.73. The lowest BCUT2D eigenvalue weighted by molar-refractivity contribution is -0.130. The molecule has 12 heavy (non-hydrogen) atoms. The van der Waals surface area contributed by atoms with E-state index < -0.39 is 0 Å². The highest BCUT2D eigenvalue weighted by atomic mass is 16.1. The van der Waals surface area contributed by atoms with Crippen molar-refractivity contribution in [3.05, 3.63) is 0 Å². The van der Waals surface area contributed by atoms with Crippen molar-refractivity contribution >= 4 is 5.78 Å². The van der Waals surface area contributed by atoms with Crippen molar-refractivity contribution in [1.82, 2.24) is 0 Å². The summed E-state index contributed by atoms with van der Waals surface area (Å²) in [5, 5.41) is 0. The number of hydrogen-bond donors (Lipinski definition) is 2. The molecular formula is C9H16N2O. The number of ketones is 1. The Morgan fingerprint density at radius 1 is 1.50 bits per heavy atom. The van der Waals surface area contributed by atoms with E-state index in [1.54, 1.807) is 0 Å². The number of hydrogen-bond acceptors (Lipinski definition) is 3. The van der Waals surface area contributed by atoms with Crippen LogP contribution in [-0.2, 0) is 4.79 Å². The van der Waals surface area contributed by atoms with E-state index in [-0.39, 0.29) is 11.3 Å². The van der Waals surface area contributed by atoms with Crippen molar-refractivity contribution < 1.29 is 4.79 Å². The first-order valence-corrected chi connectivity index (χ1v) is 4.68. The number of nitrogens with two attached hydrogens (primary N) is 2. The summed E-state index contributed by atoms with van der Waals surface area (Å²) in [5.41, 5.74) is 11.1. The van der Waals surface area contributed by atoms with Crippen LogP contribution in [0, 0.1) is 17.3 Å². The first-order valence-electron chi connectivity index (χ1n) is 4.68. The zero-order chi connectivity index (χ0) is 8.77. The van der Waals surface area contributed by atoms with Gasteiger partial charge < -0.3 is 11.5 Å². The fourth-order valence-corrected chi connectivity index (χ4v) is 2.93. The third-order valence-corrected chi connectivity index (χ3v) is 3.72. The van der Waals surface area contributed by atoms with E-state index in [0.29, 0.717) is 24.8 Å². The van der Waals surface area contributed by atoms with Gasteiger partial charge in [-0.15, -0.1) is 0 Å². The summed E-state index contributed by atoms with van der Waals surface area (Å²) in [7, 11) is 0. The van der Waals surface area contributed by atoms with Crippen LogP contribution in [0.5, 0.6) is 0 Å². The molecule has 2 aliphatic carbocycles. The van der Waals surface area contributed by atoms with Crippen molar-refractivity contribution in [2.75, 3.05) is 13.1 Å². The van der Waals surface area contributed by atoms with E-state index in [2.05, 4.69) is 0 Å². The monoisotopic (exact) mass is 168 g/mol. The molecule has 3 heteroatoms. The Morgan fingerprint density at radius 2 is 2.25 bits per heavy atom. The van der Waals surface area contributed by atoms with Gasteiger partial charge in [0.1, 0.15) is 5.78 Å². The number of Topliss-reactive ketones (excluding diaryl/α,β-unsaturated/α-hetero) is 1. The maximum atomic E-state index is 11.8. The molecule has 68 valence electrons. The number of carbonyl (C=O) groups is 1. The fourth-order valence-electron chi connectivity index (χ4n) is 2.93. The lowest BCUT2D eigenvalue weighted by Gasteiger charge is -2.26. The highest BCUT2D eigenvalue weighted by Gasteiger charge is 2.55. The van der Waals surface area contributed by atoms with Gasteiger partial charge in [-0.05, 0) is 25.2 Å². The van der Waals surface area contributed by atoms with E-state index >= 15 is 0 Å². The minimum Gasteiger partial charge on any atom is -0.330 e. The predicted octanol–water partition coefficient (Wildman–Crippen LogP) is -0.111. The van der Waals surface area contributed by atoms with Gasteiger partial charge in [-0.25, -0.2) is 0 Å². The standard InChI is InChI=1S/C9H16N2O/c10-4-7-6-1-2-9(3-6,5-11)8(7)12/h6-7H,1-5,10-11H2. The second kappa shape index (κ2) is 2.54. The van der Waals surface area contributed by atoms with Crippen LogP contribution >= 0.6 is 0 Å². The fraction of sp³-hybridized carbons (Fsp3) is 0.889. The molecule has 0 aromatic rings. The third-order valence-electron chi connectivity index (χ3n) is 3.72. The molecule has 2 aliphatic rings. The average Bonchev–Trinajstić information content (AvgIpc) is 2.61. The van der Waals surface area contributed by atoms with Crippen LogP contribution in [0.1, 0.15) is 19.3 Å². The summed E-state index contributed by atoms with van der Waals surface area (Å²) in [6.07, 6.45) is 3.17. The van der Waals surface area contributed by atoms with Gasteiger partial charge in [0.05, 0.1) is 0 Å². The molecule has 2 fully saturated rings. The summed E-state index contributed by atoms with van der Waals surface area (Å²) in [5.74, 6) is 1.03. The molecule has 3 nitrogen and oxygen atoms in total. The molecule has 0 spiro atoms. The van der Waals surface area contributed by atoms with Gasteiger partial charge in [0.2, 0.25) is 0 Å². The second-order valence-electron chi connectivity index (χ2n) is 4.19. The third kappa shape index (κ3) is 0.808. The maximum absolute atomic E-state index is 11.8. The zero-order valence-electron chi connectivity index (χ0n) is 7.25. The minimum absolute atomic E-state index is 0.127. The lowest BCUT2D eigenvalue weighted by Crippen LogP contribution is -2.39. The molecule has 0 aliphatic heterocycles. The van der Waals surface area contributed by atoms with Crippen LogP contribution in [0.25, 0.3) is 0 Å². The zero-order valence-corrected chi connectivity index (χ0v) is 7.25. The van der Waals surface area contributed by atoms with Crippen molar-refractivity contribution in [1.29, 1.82) is 0 Å². The van der Waals surface area contributed by atoms with Crippen molar-refractivity contribution in [3.63, 3.8) is 0 Å². The molecular weight excluding hydrogens is 152 g/mol. The molecule has 2 rings (SSSR count). The molecule has 0 heterocycles. The molecule has 0 amide bonds. The molecule has 0 aromatic heterocycles. The molecule has 3 unspecified atom stereocenters. The van der Waals surface area contributed by atoms with Crippen LogP contribution in [0.4, 0.5) is 0 Å². The number of fused-ring (bicyclic) bond motifs is 2. The highest BCUT2D eigenvalue weighted by molar-refractivity contribution is 5.91. The van der Waals surface area contributed by atoms with Crippen LogP contribution < -0.4 is 11.5 Å². The topological polar surface area (TPSA) is 69.1 Å². The van der Waals surface area contributed by atoms with E-state index in [1.807, 2.05) is 0 Å². The molecule has 2 saturated carbocycles. The average molecular weight is 168 g/mol. The molecule has 0 aromatic carbocycles. The van der Waals surface area contributed by atoms with Crippen molar-refractivity contribution in [2.24, 2.45) is 28.7 Å². The Kier molecular flexibility index (Phi) is 1.73. The summed E-state index contributed by atoms with van der Waals surface area (Å²) < 4.78 is 0. The molecule has 0 saturated heterocycles. The summed E-state index contributed by atoms with van der Waals surface area (Å²) in [6, 6.07) is 0. The summed E-state index contributed by atoms with van der Waals surface area (Å²) in [6.45, 7) is 1.05. The number of rotatable bonds is 2. The van der Waals surface area contributed by atoms with E-state index in [1.165, 1.54) is 0 Å². The van der Waals surface area contributed by atoms with Gasteiger partial charge in [-0.3, -0.25) is 4.79 Å². The van der Waals surface area contributed by atoms with Crippen molar-refractivity contribution in [3.8, 4) is 0 Å². The van der Waals surface area contributed by atoms with Gasteiger partial charge in [0.15, 0.2) is 0 Å². The van der Waals surface area contributed by atoms with E-state index in [9.17, 15) is 4.79 Å². The molecule has 3 atom stereocenters. The van der Waals surface area contributed by atoms with Gasteiger partial charge in [0, 0.05) is 24.4 Å². The molecule has 4 N–H and O–H groups in total. The molecule has 0 radical (unpaired) electrons. The van der Waals surface area contributed by atoms with Gasteiger partial charge in [0.25, 0.3) is 0 Å². The summed E-state index contributed by atoms with van der Waals surface area (Å²) >= 11 is 0. The smallest absolute Gasteiger partial charge is 0.144 e. The van der Waals surface area contributed by atoms with Gasteiger partial charge in [-0.1, -0.05) is 0 Å². The quantitative estimate of drug-likeness (QED) is 0.604. The maximum Gasteiger partial charge on any atom is 0.144 e. The van der Waals surface area contributed by atoms with Crippen LogP contribution in [0.2, 0.25) is 0 Å². The second-order valence-corrected chi connectivity index (χ2v) is 4.19. The Balaban J connectivity index is 2.25. The Hall–Kier alpha value is -0.410. The SMILES string of the molecule is NCC1C(=O)C2(CN)CCC1C2. The van der Waals surface area contributed by atoms with E-state index in [4.69, 9.17) is 11.5 Å². The minimum atomic E-state index is -0.158. The number of carbonyl (C=O) groups excluding carboxylic acids is 1.